The summed E-state index contributed by atoms with van der Waals surface area (Å²) >= 11 is 0. The Bertz CT molecular complexity index is 516. The third-order valence-corrected chi connectivity index (χ3v) is 3.09. The standard InChI is InChI=1S/C15H20N2O2/c18-10-3-8-17(9-11-19)12-14-7-6-13-4-1-2-5-15(13)16-14/h1-2,4-7,18-19H,3,8-12H2. The zero-order valence-corrected chi connectivity index (χ0v) is 11.0. The van der Waals surface area contributed by atoms with E-state index >= 15 is 0 Å². The fraction of sp³-hybridized carbons (Fsp3) is 0.400. The van der Waals surface area contributed by atoms with Gasteiger partial charge in [-0.15, -0.1) is 0 Å². The van der Waals surface area contributed by atoms with Gasteiger partial charge >= 0.3 is 0 Å². The first-order chi connectivity index (χ1) is 9.33. The first-order valence-electron chi connectivity index (χ1n) is 6.62. The fourth-order valence-corrected chi connectivity index (χ4v) is 2.13. The summed E-state index contributed by atoms with van der Waals surface area (Å²) in [6.45, 7) is 2.37. The highest BCUT2D eigenvalue weighted by atomic mass is 16.3. The van der Waals surface area contributed by atoms with E-state index in [0.29, 0.717) is 19.5 Å². The summed E-state index contributed by atoms with van der Waals surface area (Å²) in [6, 6.07) is 12.1. The second-order valence-corrected chi connectivity index (χ2v) is 4.57. The van der Waals surface area contributed by atoms with Crippen LogP contribution in [0.15, 0.2) is 36.4 Å². The highest BCUT2D eigenvalue weighted by Gasteiger charge is 2.06. The van der Waals surface area contributed by atoms with Gasteiger partial charge in [0.25, 0.3) is 0 Å². The van der Waals surface area contributed by atoms with E-state index < -0.39 is 0 Å². The van der Waals surface area contributed by atoms with Gasteiger partial charge in [0.2, 0.25) is 0 Å². The van der Waals surface area contributed by atoms with Crippen molar-refractivity contribution in [1.82, 2.24) is 9.88 Å². The number of hydrogen-bond acceptors (Lipinski definition) is 4. The molecular weight excluding hydrogens is 240 g/mol. The van der Waals surface area contributed by atoms with Crippen LogP contribution in [0.3, 0.4) is 0 Å². The van der Waals surface area contributed by atoms with Crippen molar-refractivity contribution in [3.63, 3.8) is 0 Å². The van der Waals surface area contributed by atoms with E-state index in [9.17, 15) is 0 Å². The number of hydrogen-bond donors (Lipinski definition) is 2. The van der Waals surface area contributed by atoms with Gasteiger partial charge in [-0.05, 0) is 18.6 Å². The first kappa shape index (κ1) is 13.9. The summed E-state index contributed by atoms with van der Waals surface area (Å²) in [5.41, 5.74) is 1.98. The number of pyridine rings is 1. The van der Waals surface area contributed by atoms with Crippen LogP contribution in [-0.2, 0) is 6.54 Å². The van der Waals surface area contributed by atoms with Crippen molar-refractivity contribution in [2.75, 3.05) is 26.3 Å². The molecule has 0 amide bonds. The Morgan fingerprint density at radius 3 is 2.58 bits per heavy atom. The Morgan fingerprint density at radius 2 is 1.79 bits per heavy atom. The number of aromatic nitrogens is 1. The first-order valence-corrected chi connectivity index (χ1v) is 6.62. The molecule has 4 nitrogen and oxygen atoms in total. The molecule has 0 radical (unpaired) electrons. The maximum atomic E-state index is 9.06. The molecule has 0 saturated carbocycles. The summed E-state index contributed by atoms with van der Waals surface area (Å²) in [7, 11) is 0. The third-order valence-electron chi connectivity index (χ3n) is 3.09. The van der Waals surface area contributed by atoms with Crippen molar-refractivity contribution in [3.8, 4) is 0 Å². The van der Waals surface area contributed by atoms with Crippen LogP contribution in [0.1, 0.15) is 12.1 Å². The molecule has 0 bridgehead atoms. The molecule has 0 atom stereocenters. The van der Waals surface area contributed by atoms with Crippen LogP contribution in [0.25, 0.3) is 10.9 Å². The lowest BCUT2D eigenvalue weighted by Crippen LogP contribution is -2.28. The third kappa shape index (κ3) is 3.99. The molecule has 2 N–H and O–H groups in total. The molecule has 0 aliphatic carbocycles. The maximum absolute atomic E-state index is 9.06. The SMILES string of the molecule is OCCCN(CCO)Cc1ccc2ccccc2n1. The normalized spacial score (nSPS) is 11.3. The Morgan fingerprint density at radius 1 is 0.947 bits per heavy atom. The van der Waals surface area contributed by atoms with E-state index in [4.69, 9.17) is 10.2 Å². The average Bonchev–Trinajstić information content (AvgIpc) is 2.45. The van der Waals surface area contributed by atoms with E-state index in [-0.39, 0.29) is 13.2 Å². The molecule has 0 saturated heterocycles. The molecule has 2 aromatic rings. The molecule has 4 heteroatoms. The zero-order chi connectivity index (χ0) is 13.5. The minimum atomic E-state index is 0.124. The van der Waals surface area contributed by atoms with Crippen LogP contribution < -0.4 is 0 Å². The van der Waals surface area contributed by atoms with Crippen LogP contribution in [0.5, 0.6) is 0 Å². The number of fused-ring (bicyclic) bond motifs is 1. The van der Waals surface area contributed by atoms with E-state index in [1.54, 1.807) is 0 Å². The summed E-state index contributed by atoms with van der Waals surface area (Å²) in [6.07, 6.45) is 0.716. The van der Waals surface area contributed by atoms with Crippen LogP contribution in [0.2, 0.25) is 0 Å². The molecule has 1 aromatic heterocycles. The minimum Gasteiger partial charge on any atom is -0.396 e. The smallest absolute Gasteiger partial charge is 0.0705 e. The number of benzene rings is 1. The van der Waals surface area contributed by atoms with Gasteiger partial charge in [0.05, 0.1) is 17.8 Å². The Kier molecular flexibility index (Phi) is 5.27. The highest BCUT2D eigenvalue weighted by Crippen LogP contribution is 2.13. The van der Waals surface area contributed by atoms with Gasteiger partial charge in [-0.25, -0.2) is 0 Å². The lowest BCUT2D eigenvalue weighted by molar-refractivity contribution is 0.173. The van der Waals surface area contributed by atoms with Gasteiger partial charge in [0, 0.05) is 31.6 Å². The van der Waals surface area contributed by atoms with Gasteiger partial charge in [-0.1, -0.05) is 24.3 Å². The van der Waals surface area contributed by atoms with Crippen LogP contribution >= 0.6 is 0 Å². The van der Waals surface area contributed by atoms with Crippen LogP contribution in [0, 0.1) is 0 Å². The predicted octanol–water partition coefficient (Wildman–Crippen LogP) is 1.41. The van der Waals surface area contributed by atoms with E-state index in [0.717, 1.165) is 23.1 Å². The molecule has 0 aliphatic rings. The van der Waals surface area contributed by atoms with Crippen molar-refractivity contribution >= 4 is 10.9 Å². The zero-order valence-electron chi connectivity index (χ0n) is 11.0. The molecule has 2 rings (SSSR count). The van der Waals surface area contributed by atoms with Crippen molar-refractivity contribution < 1.29 is 10.2 Å². The van der Waals surface area contributed by atoms with E-state index in [1.165, 1.54) is 0 Å². The number of aliphatic hydroxyl groups excluding tert-OH is 2. The van der Waals surface area contributed by atoms with E-state index in [1.807, 2.05) is 30.3 Å². The molecule has 1 aromatic carbocycles. The average molecular weight is 260 g/mol. The number of nitrogens with zero attached hydrogens (tertiary/aromatic N) is 2. The summed E-state index contributed by atoms with van der Waals surface area (Å²) in [5, 5.41) is 19.1. The number of rotatable bonds is 7. The summed E-state index contributed by atoms with van der Waals surface area (Å²) in [5.74, 6) is 0. The molecule has 0 unspecified atom stereocenters. The fourth-order valence-electron chi connectivity index (χ4n) is 2.13. The van der Waals surface area contributed by atoms with E-state index in [2.05, 4.69) is 16.0 Å². The van der Waals surface area contributed by atoms with Crippen molar-refractivity contribution in [2.45, 2.75) is 13.0 Å². The van der Waals surface area contributed by atoms with Crippen molar-refractivity contribution in [3.05, 3.63) is 42.1 Å². The monoisotopic (exact) mass is 260 g/mol. The van der Waals surface area contributed by atoms with Crippen LogP contribution in [-0.4, -0.2) is 46.4 Å². The van der Waals surface area contributed by atoms with Gasteiger partial charge in [-0.3, -0.25) is 9.88 Å². The van der Waals surface area contributed by atoms with Gasteiger partial charge in [0.1, 0.15) is 0 Å². The molecule has 0 spiro atoms. The number of para-hydroxylation sites is 1. The maximum Gasteiger partial charge on any atom is 0.0705 e. The summed E-state index contributed by atoms with van der Waals surface area (Å²) < 4.78 is 0. The second kappa shape index (κ2) is 7.19. The summed E-state index contributed by atoms with van der Waals surface area (Å²) in [4.78, 5) is 6.72. The Hall–Kier alpha value is -1.49. The number of aliphatic hydroxyl groups is 2. The predicted molar refractivity (Wildman–Crippen MR) is 75.8 cm³/mol. The van der Waals surface area contributed by atoms with Crippen LogP contribution in [0.4, 0.5) is 0 Å². The van der Waals surface area contributed by atoms with Gasteiger partial charge < -0.3 is 10.2 Å². The van der Waals surface area contributed by atoms with Gasteiger partial charge in [0.15, 0.2) is 0 Å². The Balaban J connectivity index is 2.09. The Labute approximate surface area is 113 Å². The molecule has 19 heavy (non-hydrogen) atoms. The van der Waals surface area contributed by atoms with Crippen molar-refractivity contribution in [1.29, 1.82) is 0 Å². The molecular formula is C15H20N2O2. The topological polar surface area (TPSA) is 56.6 Å². The lowest BCUT2D eigenvalue weighted by Gasteiger charge is -2.20. The quantitative estimate of drug-likeness (QED) is 0.790. The highest BCUT2D eigenvalue weighted by molar-refractivity contribution is 5.78. The minimum absolute atomic E-state index is 0.124. The second-order valence-electron chi connectivity index (χ2n) is 4.57. The molecule has 1 heterocycles. The van der Waals surface area contributed by atoms with Crippen molar-refractivity contribution in [2.24, 2.45) is 0 Å². The molecule has 0 aliphatic heterocycles. The van der Waals surface area contributed by atoms with Gasteiger partial charge in [-0.2, -0.15) is 0 Å². The molecule has 0 fully saturated rings. The largest absolute Gasteiger partial charge is 0.396 e. The molecule has 102 valence electrons. The lowest BCUT2D eigenvalue weighted by atomic mass is 10.2.